The molecule has 0 radical (unpaired) electrons. The van der Waals surface area contributed by atoms with E-state index < -0.39 is 0 Å². The van der Waals surface area contributed by atoms with Gasteiger partial charge < -0.3 is 0 Å². The highest BCUT2D eigenvalue weighted by Crippen LogP contribution is 2.58. The summed E-state index contributed by atoms with van der Waals surface area (Å²) in [5.74, 6) is 5.83. The number of fused-ring (bicyclic) bond motifs is 2. The highest BCUT2D eigenvalue weighted by Gasteiger charge is 2.50. The highest BCUT2D eigenvalue weighted by atomic mass is 14.5. The van der Waals surface area contributed by atoms with E-state index in [9.17, 15) is 0 Å². The van der Waals surface area contributed by atoms with Gasteiger partial charge in [0.25, 0.3) is 0 Å². The maximum absolute atomic E-state index is 2.63. The van der Waals surface area contributed by atoms with Crippen LogP contribution in [0.25, 0.3) is 0 Å². The molecule has 0 aromatic carbocycles. The van der Waals surface area contributed by atoms with Gasteiger partial charge in [-0.15, -0.1) is 0 Å². The second-order valence-corrected chi connectivity index (χ2v) is 8.98. The molecule has 4 aliphatic rings. The summed E-state index contributed by atoms with van der Waals surface area (Å²) in [5.41, 5.74) is 0.565. The van der Waals surface area contributed by atoms with Crippen LogP contribution in [0.2, 0.25) is 0 Å². The molecule has 3 saturated carbocycles. The van der Waals surface area contributed by atoms with E-state index in [4.69, 9.17) is 0 Å². The Hall–Kier alpha value is -0.520. The van der Waals surface area contributed by atoms with Crippen LogP contribution in [0.15, 0.2) is 24.3 Å². The van der Waals surface area contributed by atoms with E-state index in [0.29, 0.717) is 5.41 Å². The smallest absolute Gasteiger partial charge is 0.0164 e. The first-order valence-electron chi connectivity index (χ1n) is 9.51. The van der Waals surface area contributed by atoms with Gasteiger partial charge in [-0.25, -0.2) is 0 Å². The van der Waals surface area contributed by atoms with E-state index in [0.717, 1.165) is 35.5 Å². The van der Waals surface area contributed by atoms with Crippen molar-refractivity contribution in [3.05, 3.63) is 24.3 Å². The SMILES string of the molecule is CC(C)(C1CC2C=CC=CC2C1)C1CCC2CCCCC21. The Morgan fingerprint density at radius 1 is 0.810 bits per heavy atom. The summed E-state index contributed by atoms with van der Waals surface area (Å²) in [5, 5.41) is 0. The molecule has 0 N–H and O–H groups in total. The van der Waals surface area contributed by atoms with E-state index >= 15 is 0 Å². The topological polar surface area (TPSA) is 0 Å². The molecule has 5 unspecified atom stereocenters. The van der Waals surface area contributed by atoms with Gasteiger partial charge >= 0.3 is 0 Å². The maximum Gasteiger partial charge on any atom is -0.0164 e. The van der Waals surface area contributed by atoms with Crippen molar-refractivity contribution >= 4 is 0 Å². The van der Waals surface area contributed by atoms with Gasteiger partial charge in [0, 0.05) is 0 Å². The molecule has 0 aromatic rings. The molecule has 0 bridgehead atoms. The zero-order chi connectivity index (χ0) is 14.4. The van der Waals surface area contributed by atoms with Crippen molar-refractivity contribution in [2.75, 3.05) is 0 Å². The monoisotopic (exact) mass is 284 g/mol. The Bertz CT molecular complexity index is 421. The second kappa shape index (κ2) is 5.28. The van der Waals surface area contributed by atoms with Crippen LogP contribution in [0.3, 0.4) is 0 Å². The molecule has 0 aliphatic heterocycles. The van der Waals surface area contributed by atoms with Crippen molar-refractivity contribution < 1.29 is 0 Å². The van der Waals surface area contributed by atoms with Gasteiger partial charge in [0.15, 0.2) is 0 Å². The van der Waals surface area contributed by atoms with Crippen molar-refractivity contribution in [3.63, 3.8) is 0 Å². The van der Waals surface area contributed by atoms with Crippen molar-refractivity contribution in [3.8, 4) is 0 Å². The van der Waals surface area contributed by atoms with Gasteiger partial charge in [0.05, 0.1) is 0 Å². The Balaban J connectivity index is 1.51. The molecule has 0 saturated heterocycles. The number of allylic oxidation sites excluding steroid dienone is 4. The lowest BCUT2D eigenvalue weighted by atomic mass is 9.62. The predicted molar refractivity (Wildman–Crippen MR) is 89.9 cm³/mol. The molecule has 3 fully saturated rings. The minimum Gasteiger partial charge on any atom is -0.0808 e. The highest BCUT2D eigenvalue weighted by molar-refractivity contribution is 5.17. The second-order valence-electron chi connectivity index (χ2n) is 8.98. The molecule has 0 heterocycles. The number of hydrogen-bond donors (Lipinski definition) is 0. The van der Waals surface area contributed by atoms with Crippen LogP contribution in [0.1, 0.15) is 65.2 Å². The number of rotatable bonds is 2. The van der Waals surface area contributed by atoms with Gasteiger partial charge in [-0.1, -0.05) is 57.4 Å². The molecule has 4 rings (SSSR count). The average Bonchev–Trinajstić information content (AvgIpc) is 3.11. The van der Waals surface area contributed by atoms with Crippen LogP contribution < -0.4 is 0 Å². The molecule has 0 nitrogen and oxygen atoms in total. The fourth-order valence-corrected chi connectivity index (χ4v) is 6.53. The van der Waals surface area contributed by atoms with Crippen LogP contribution in [-0.2, 0) is 0 Å². The molecule has 4 aliphatic carbocycles. The van der Waals surface area contributed by atoms with Crippen LogP contribution >= 0.6 is 0 Å². The average molecular weight is 284 g/mol. The first kappa shape index (κ1) is 14.1. The van der Waals surface area contributed by atoms with Crippen molar-refractivity contribution in [1.29, 1.82) is 0 Å². The van der Waals surface area contributed by atoms with Crippen LogP contribution in [0.4, 0.5) is 0 Å². The van der Waals surface area contributed by atoms with Crippen LogP contribution in [0, 0.1) is 40.9 Å². The summed E-state index contributed by atoms with van der Waals surface area (Å²) < 4.78 is 0. The minimum absolute atomic E-state index is 0.565. The summed E-state index contributed by atoms with van der Waals surface area (Å²) >= 11 is 0. The zero-order valence-electron chi connectivity index (χ0n) is 13.9. The van der Waals surface area contributed by atoms with Crippen LogP contribution in [-0.4, -0.2) is 0 Å². The third-order valence-electron chi connectivity index (χ3n) is 7.83. The summed E-state index contributed by atoms with van der Waals surface area (Å²) in [6.07, 6.45) is 21.6. The van der Waals surface area contributed by atoms with E-state index in [2.05, 4.69) is 38.2 Å². The fourth-order valence-electron chi connectivity index (χ4n) is 6.53. The largest absolute Gasteiger partial charge is 0.0808 e. The summed E-state index contributed by atoms with van der Waals surface area (Å²) in [6, 6.07) is 0. The standard InChI is InChI=1S/C21H32/c1-21(2,18-13-16-8-3-4-9-17(16)14-18)20-12-11-15-7-5-6-10-19(15)20/h3-4,8-9,15-20H,5-7,10-14H2,1-2H3. The van der Waals surface area contributed by atoms with Gasteiger partial charge in [-0.05, 0) is 73.0 Å². The van der Waals surface area contributed by atoms with Gasteiger partial charge in [-0.3, -0.25) is 0 Å². The molecule has 0 heteroatoms. The van der Waals surface area contributed by atoms with E-state index in [1.807, 2.05) is 0 Å². The lowest BCUT2D eigenvalue weighted by molar-refractivity contribution is 0.0607. The summed E-state index contributed by atoms with van der Waals surface area (Å²) in [4.78, 5) is 0. The quantitative estimate of drug-likeness (QED) is 0.583. The molecule has 116 valence electrons. The third-order valence-corrected chi connectivity index (χ3v) is 7.83. The van der Waals surface area contributed by atoms with Gasteiger partial charge in [-0.2, -0.15) is 0 Å². The first-order valence-corrected chi connectivity index (χ1v) is 9.51. The summed E-state index contributed by atoms with van der Waals surface area (Å²) in [7, 11) is 0. The maximum atomic E-state index is 2.63. The first-order chi connectivity index (χ1) is 10.2. The summed E-state index contributed by atoms with van der Waals surface area (Å²) in [6.45, 7) is 5.26. The Labute approximate surface area is 131 Å². The molecule has 0 aromatic heterocycles. The molecule has 21 heavy (non-hydrogen) atoms. The third kappa shape index (κ3) is 2.34. The van der Waals surface area contributed by atoms with E-state index in [-0.39, 0.29) is 0 Å². The Kier molecular flexibility index (Phi) is 3.55. The molecule has 0 spiro atoms. The van der Waals surface area contributed by atoms with E-state index in [1.165, 1.54) is 44.9 Å². The number of hydrogen-bond acceptors (Lipinski definition) is 0. The van der Waals surface area contributed by atoms with Crippen molar-refractivity contribution in [1.82, 2.24) is 0 Å². The van der Waals surface area contributed by atoms with Crippen molar-refractivity contribution in [2.24, 2.45) is 40.9 Å². The fraction of sp³-hybridized carbons (Fsp3) is 0.810. The normalized spacial score (nSPS) is 45.6. The van der Waals surface area contributed by atoms with Gasteiger partial charge in [0.1, 0.15) is 0 Å². The lowest BCUT2D eigenvalue weighted by Gasteiger charge is -2.43. The predicted octanol–water partition coefficient (Wildman–Crippen LogP) is 6.00. The minimum atomic E-state index is 0.565. The Morgan fingerprint density at radius 3 is 2.19 bits per heavy atom. The zero-order valence-corrected chi connectivity index (χ0v) is 13.9. The molecular weight excluding hydrogens is 252 g/mol. The van der Waals surface area contributed by atoms with E-state index in [1.54, 1.807) is 6.42 Å². The molecule has 0 amide bonds. The van der Waals surface area contributed by atoms with Gasteiger partial charge in [0.2, 0.25) is 0 Å². The van der Waals surface area contributed by atoms with Crippen molar-refractivity contribution in [2.45, 2.75) is 65.2 Å². The lowest BCUT2D eigenvalue weighted by Crippen LogP contribution is -2.35. The van der Waals surface area contributed by atoms with Crippen LogP contribution in [0.5, 0.6) is 0 Å². The Morgan fingerprint density at radius 2 is 1.48 bits per heavy atom. The molecular formula is C21H32. The molecule has 5 atom stereocenters.